The molecule has 166 valence electrons. The number of morpholine rings is 1. The molecular weight excluding hydrogens is 422 g/mol. The van der Waals surface area contributed by atoms with Crippen LogP contribution in [0.4, 0.5) is 11.4 Å². The Bertz CT molecular complexity index is 1090. The molecule has 31 heavy (non-hydrogen) atoms. The highest BCUT2D eigenvalue weighted by atomic mass is 32.2. The van der Waals surface area contributed by atoms with Crippen molar-refractivity contribution in [3.63, 3.8) is 0 Å². The molecule has 0 aromatic heterocycles. The number of anilines is 1. The van der Waals surface area contributed by atoms with Gasteiger partial charge in [0.2, 0.25) is 0 Å². The van der Waals surface area contributed by atoms with Crippen LogP contribution in [0.1, 0.15) is 29.8 Å². The van der Waals surface area contributed by atoms with E-state index >= 15 is 0 Å². The van der Waals surface area contributed by atoms with Crippen LogP contribution in [0.5, 0.6) is 0 Å². The van der Waals surface area contributed by atoms with Crippen LogP contribution in [0.3, 0.4) is 0 Å². The third kappa shape index (κ3) is 5.87. The molecule has 1 fully saturated rings. The molecule has 0 aliphatic carbocycles. The second kappa shape index (κ2) is 9.13. The number of amides is 1. The molecule has 0 bridgehead atoms. The second-order valence-electron chi connectivity index (χ2n) is 7.81. The van der Waals surface area contributed by atoms with Crippen LogP contribution in [0.2, 0.25) is 0 Å². The number of rotatable bonds is 6. The Morgan fingerprint density at radius 1 is 1.19 bits per heavy atom. The summed E-state index contributed by atoms with van der Waals surface area (Å²) in [6, 6.07) is 10.4. The summed E-state index contributed by atoms with van der Waals surface area (Å²) in [6.45, 7) is 6.14. The Morgan fingerprint density at radius 3 is 2.45 bits per heavy atom. The van der Waals surface area contributed by atoms with Gasteiger partial charge >= 0.3 is 0 Å². The third-order valence-corrected chi connectivity index (χ3v) is 6.04. The highest BCUT2D eigenvalue weighted by Gasteiger charge is 2.23. The number of hydrogen-bond acceptors (Lipinski definition) is 7. The number of benzene rings is 2. The first-order chi connectivity index (χ1) is 14.5. The van der Waals surface area contributed by atoms with E-state index in [9.17, 15) is 23.3 Å². The first kappa shape index (κ1) is 22.9. The first-order valence-corrected chi connectivity index (χ1v) is 11.7. The molecule has 0 saturated carbocycles. The van der Waals surface area contributed by atoms with Gasteiger partial charge in [0.1, 0.15) is 0 Å². The summed E-state index contributed by atoms with van der Waals surface area (Å²) in [5.41, 5.74) is 0.883. The van der Waals surface area contributed by atoms with Crippen molar-refractivity contribution in [1.29, 1.82) is 0 Å². The molecule has 10 heteroatoms. The molecule has 1 N–H and O–H groups in total. The van der Waals surface area contributed by atoms with Crippen molar-refractivity contribution in [1.82, 2.24) is 4.90 Å². The molecule has 3 rings (SSSR count). The predicted octanol–water partition coefficient (Wildman–Crippen LogP) is 2.86. The van der Waals surface area contributed by atoms with Crippen molar-refractivity contribution in [2.24, 2.45) is 0 Å². The van der Waals surface area contributed by atoms with E-state index in [4.69, 9.17) is 4.74 Å². The molecule has 9 nitrogen and oxygen atoms in total. The Balaban J connectivity index is 1.86. The summed E-state index contributed by atoms with van der Waals surface area (Å²) >= 11 is 0. The topological polar surface area (TPSA) is 119 Å². The Morgan fingerprint density at radius 2 is 1.84 bits per heavy atom. The van der Waals surface area contributed by atoms with Crippen LogP contribution in [-0.4, -0.2) is 55.7 Å². The van der Waals surface area contributed by atoms with Crippen LogP contribution >= 0.6 is 0 Å². The van der Waals surface area contributed by atoms with Crippen molar-refractivity contribution >= 4 is 27.1 Å². The number of nitrogens with one attached hydrogen (secondary N) is 1. The van der Waals surface area contributed by atoms with Gasteiger partial charge in [-0.05, 0) is 31.5 Å². The number of para-hydroxylation sites is 1. The average Bonchev–Trinajstić information content (AvgIpc) is 2.67. The lowest BCUT2D eigenvalue weighted by molar-refractivity contribution is -0.385. The van der Waals surface area contributed by atoms with E-state index in [0.717, 1.165) is 43.1 Å². The molecule has 1 aliphatic rings. The number of carbonyl (C=O) groups is 1. The SMILES string of the molecule is CC1CN(Cc2ccccc2NC(=O)c2cc([N+](=O)[O-])cc(S(C)(=O)=O)c2)CC(C)O1. The predicted molar refractivity (Wildman–Crippen MR) is 116 cm³/mol. The normalized spacial score (nSPS) is 19.7. The Hall–Kier alpha value is -2.82. The monoisotopic (exact) mass is 447 g/mol. The summed E-state index contributed by atoms with van der Waals surface area (Å²) in [5, 5.41) is 14.0. The van der Waals surface area contributed by atoms with Gasteiger partial charge in [0.05, 0.1) is 22.0 Å². The van der Waals surface area contributed by atoms with E-state index in [-0.39, 0.29) is 22.7 Å². The summed E-state index contributed by atoms with van der Waals surface area (Å²) in [5.74, 6) is -0.621. The quantitative estimate of drug-likeness (QED) is 0.534. The fourth-order valence-corrected chi connectivity index (χ4v) is 4.34. The molecule has 2 aromatic rings. The zero-order chi connectivity index (χ0) is 22.8. The van der Waals surface area contributed by atoms with Gasteiger partial charge in [0.25, 0.3) is 11.6 Å². The van der Waals surface area contributed by atoms with Crippen molar-refractivity contribution in [3.8, 4) is 0 Å². The maximum Gasteiger partial charge on any atom is 0.271 e. The lowest BCUT2D eigenvalue weighted by Crippen LogP contribution is -2.44. The highest BCUT2D eigenvalue weighted by Crippen LogP contribution is 2.24. The molecular formula is C21H25N3O6S. The Kier molecular flexibility index (Phi) is 6.73. The van der Waals surface area contributed by atoms with Gasteiger partial charge in [0.15, 0.2) is 9.84 Å². The standard InChI is InChI=1S/C21H25N3O6S/c1-14-11-23(12-15(2)30-14)13-16-6-4-5-7-20(16)22-21(25)17-8-18(24(26)27)10-19(9-17)31(3,28)29/h4-10,14-15H,11-13H2,1-3H3,(H,22,25). The summed E-state index contributed by atoms with van der Waals surface area (Å²) in [6.07, 6.45) is 1.14. The first-order valence-electron chi connectivity index (χ1n) is 9.79. The van der Waals surface area contributed by atoms with E-state index in [0.29, 0.717) is 12.2 Å². The number of sulfone groups is 1. The van der Waals surface area contributed by atoms with Crippen LogP contribution in [0.15, 0.2) is 47.4 Å². The van der Waals surface area contributed by atoms with Crippen molar-refractivity contribution in [3.05, 3.63) is 63.7 Å². The second-order valence-corrected chi connectivity index (χ2v) is 9.82. The zero-order valence-corrected chi connectivity index (χ0v) is 18.4. The van der Waals surface area contributed by atoms with E-state index in [1.165, 1.54) is 0 Å². The van der Waals surface area contributed by atoms with Crippen molar-refractivity contribution in [2.75, 3.05) is 24.7 Å². The van der Waals surface area contributed by atoms with Crippen molar-refractivity contribution in [2.45, 2.75) is 37.5 Å². The smallest absolute Gasteiger partial charge is 0.271 e. The van der Waals surface area contributed by atoms with Gasteiger partial charge in [-0.2, -0.15) is 0 Å². The maximum atomic E-state index is 12.9. The molecule has 2 atom stereocenters. The number of ether oxygens (including phenoxy) is 1. The van der Waals surface area contributed by atoms with Crippen LogP contribution < -0.4 is 5.32 Å². The van der Waals surface area contributed by atoms with Gasteiger partial charge in [0, 0.05) is 49.3 Å². The minimum absolute atomic E-state index is 0.0990. The Labute approximate surface area is 181 Å². The number of nitro groups is 1. The van der Waals surface area contributed by atoms with Gasteiger partial charge < -0.3 is 10.1 Å². The third-order valence-electron chi connectivity index (χ3n) is 4.95. The largest absolute Gasteiger partial charge is 0.373 e. The maximum absolute atomic E-state index is 12.9. The molecule has 1 heterocycles. The van der Waals surface area contributed by atoms with Gasteiger partial charge in [-0.1, -0.05) is 18.2 Å². The molecule has 2 unspecified atom stereocenters. The number of nitrogens with zero attached hydrogens (tertiary/aromatic N) is 2. The molecule has 0 spiro atoms. The minimum Gasteiger partial charge on any atom is -0.373 e. The summed E-state index contributed by atoms with van der Waals surface area (Å²) in [7, 11) is -3.73. The summed E-state index contributed by atoms with van der Waals surface area (Å²) < 4.78 is 29.6. The molecule has 0 radical (unpaired) electrons. The fraction of sp³-hybridized carbons (Fsp3) is 0.381. The van der Waals surface area contributed by atoms with Crippen LogP contribution in [0, 0.1) is 10.1 Å². The lowest BCUT2D eigenvalue weighted by Gasteiger charge is -2.35. The number of non-ortho nitro benzene ring substituents is 1. The van der Waals surface area contributed by atoms with Gasteiger partial charge in [-0.15, -0.1) is 0 Å². The minimum atomic E-state index is -3.73. The van der Waals surface area contributed by atoms with Crippen molar-refractivity contribution < 1.29 is 22.9 Å². The van der Waals surface area contributed by atoms with Crippen LogP contribution in [0.25, 0.3) is 0 Å². The summed E-state index contributed by atoms with van der Waals surface area (Å²) in [4.78, 5) is 25.3. The number of nitro benzene ring substituents is 1. The van der Waals surface area contributed by atoms with Gasteiger partial charge in [-0.25, -0.2) is 8.42 Å². The average molecular weight is 448 g/mol. The van der Waals surface area contributed by atoms with Gasteiger partial charge in [-0.3, -0.25) is 19.8 Å². The zero-order valence-electron chi connectivity index (χ0n) is 17.6. The van der Waals surface area contributed by atoms with E-state index < -0.39 is 26.4 Å². The number of hydrogen-bond donors (Lipinski definition) is 1. The lowest BCUT2D eigenvalue weighted by atomic mass is 10.1. The van der Waals surface area contributed by atoms with Crippen LogP contribution in [-0.2, 0) is 21.1 Å². The van der Waals surface area contributed by atoms with E-state index in [1.54, 1.807) is 12.1 Å². The molecule has 1 amide bonds. The molecule has 2 aromatic carbocycles. The highest BCUT2D eigenvalue weighted by molar-refractivity contribution is 7.90. The molecule has 1 saturated heterocycles. The fourth-order valence-electron chi connectivity index (χ4n) is 3.66. The van der Waals surface area contributed by atoms with E-state index in [2.05, 4.69) is 10.2 Å². The van der Waals surface area contributed by atoms with E-state index in [1.807, 2.05) is 26.0 Å². The number of carbonyl (C=O) groups excluding carboxylic acids is 1. The molecule has 1 aliphatic heterocycles.